The Morgan fingerprint density at radius 2 is 1.95 bits per heavy atom. The van der Waals surface area contributed by atoms with Crippen molar-refractivity contribution in [3.8, 4) is 0 Å². The summed E-state index contributed by atoms with van der Waals surface area (Å²) in [6.07, 6.45) is 3.05. The lowest BCUT2D eigenvalue weighted by molar-refractivity contribution is 0.556. The Hall–Kier alpha value is -3.15. The molecule has 102 valence electrons. The molecule has 0 aliphatic carbocycles. The molecule has 0 unspecified atom stereocenters. The van der Waals surface area contributed by atoms with Gasteiger partial charge >= 0.3 is 0 Å². The molecule has 3 aromatic heterocycles. The molecule has 0 fully saturated rings. The van der Waals surface area contributed by atoms with E-state index in [1.54, 1.807) is 42.5 Å². The average molecular weight is 279 g/mol. The van der Waals surface area contributed by atoms with Crippen LogP contribution in [0.5, 0.6) is 0 Å². The van der Waals surface area contributed by atoms with Gasteiger partial charge in [0.1, 0.15) is 11.1 Å². The van der Waals surface area contributed by atoms with Crippen LogP contribution < -0.4 is 16.5 Å². The normalized spacial score (nSPS) is 12.5. The number of hydrogen-bond acceptors (Lipinski definition) is 4. The van der Waals surface area contributed by atoms with Crippen molar-refractivity contribution >= 4 is 22.8 Å². The molecule has 6 nitrogen and oxygen atoms in total. The van der Waals surface area contributed by atoms with E-state index in [-0.39, 0.29) is 16.7 Å². The first kappa shape index (κ1) is 11.7. The van der Waals surface area contributed by atoms with E-state index < -0.39 is 5.56 Å². The van der Waals surface area contributed by atoms with Gasteiger partial charge in [-0.05, 0) is 24.3 Å². The van der Waals surface area contributed by atoms with Crippen molar-refractivity contribution < 1.29 is 4.42 Å². The molecule has 1 N–H and O–H groups in total. The van der Waals surface area contributed by atoms with Gasteiger partial charge in [-0.25, -0.2) is 9.38 Å². The third kappa shape index (κ3) is 1.69. The summed E-state index contributed by atoms with van der Waals surface area (Å²) in [6, 6.07) is 10.4. The Balaban J connectivity index is 2.16. The average Bonchev–Trinajstić information content (AvgIpc) is 3.09. The van der Waals surface area contributed by atoms with Crippen LogP contribution in [0.2, 0.25) is 0 Å². The lowest BCUT2D eigenvalue weighted by Crippen LogP contribution is -2.31. The Morgan fingerprint density at radius 3 is 2.76 bits per heavy atom. The number of para-hydroxylation sites is 1. The number of nitrogens with one attached hydrogen (secondary N) is 1. The molecule has 0 radical (unpaired) electrons. The monoisotopic (exact) mass is 279 g/mol. The molecule has 0 amide bonds. The van der Waals surface area contributed by atoms with Crippen LogP contribution in [0.25, 0.3) is 22.8 Å². The van der Waals surface area contributed by atoms with Crippen LogP contribution in [0.15, 0.2) is 56.7 Å². The number of imidazole rings is 1. The summed E-state index contributed by atoms with van der Waals surface area (Å²) in [7, 11) is 0. The summed E-state index contributed by atoms with van der Waals surface area (Å²) < 4.78 is 6.21. The second kappa shape index (κ2) is 4.17. The van der Waals surface area contributed by atoms with E-state index in [0.717, 1.165) is 4.40 Å². The minimum Gasteiger partial charge on any atom is -0.465 e. The van der Waals surface area contributed by atoms with Gasteiger partial charge in [0.25, 0.3) is 11.1 Å². The Kier molecular flexibility index (Phi) is 2.32. The zero-order chi connectivity index (χ0) is 14.4. The number of fused-ring (bicyclic) bond motifs is 2. The summed E-state index contributed by atoms with van der Waals surface area (Å²) in [5.74, 6) is 0.748. The number of H-pyrrole nitrogens is 1. The molecule has 0 aliphatic heterocycles. The second-order valence-corrected chi connectivity index (χ2v) is 4.60. The highest BCUT2D eigenvalue weighted by atomic mass is 16.3. The SMILES string of the molecule is O=c1c(=Cc2ccco2)[nH]c2nc3ccccc3c(=O)n12. The molecule has 4 aromatic rings. The van der Waals surface area contributed by atoms with Crippen molar-refractivity contribution in [3.05, 3.63) is 74.5 Å². The number of benzene rings is 1. The van der Waals surface area contributed by atoms with Crippen molar-refractivity contribution in [1.82, 2.24) is 14.4 Å². The number of nitrogens with zero attached hydrogens (tertiary/aromatic N) is 2. The molecule has 0 spiro atoms. The topological polar surface area (TPSA) is 80.4 Å². The molecule has 6 heteroatoms. The lowest BCUT2D eigenvalue weighted by atomic mass is 10.2. The molecule has 3 heterocycles. The molecule has 0 atom stereocenters. The van der Waals surface area contributed by atoms with Crippen molar-refractivity contribution in [1.29, 1.82) is 0 Å². The highest BCUT2D eigenvalue weighted by Crippen LogP contribution is 2.05. The molecule has 1 aromatic carbocycles. The Labute approximate surface area is 117 Å². The first-order chi connectivity index (χ1) is 10.2. The van der Waals surface area contributed by atoms with E-state index in [2.05, 4.69) is 9.97 Å². The van der Waals surface area contributed by atoms with Crippen molar-refractivity contribution in [2.24, 2.45) is 0 Å². The molecule has 0 aliphatic rings. The van der Waals surface area contributed by atoms with Crippen molar-refractivity contribution in [3.63, 3.8) is 0 Å². The number of aromatic nitrogens is 3. The quantitative estimate of drug-likeness (QED) is 0.555. The van der Waals surface area contributed by atoms with Crippen LogP contribution in [0.4, 0.5) is 0 Å². The van der Waals surface area contributed by atoms with Gasteiger partial charge in [0, 0.05) is 6.08 Å². The van der Waals surface area contributed by atoms with Crippen molar-refractivity contribution in [2.45, 2.75) is 0 Å². The van der Waals surface area contributed by atoms with Crippen LogP contribution in [-0.2, 0) is 0 Å². The second-order valence-electron chi connectivity index (χ2n) is 4.60. The third-order valence-electron chi connectivity index (χ3n) is 3.29. The zero-order valence-electron chi connectivity index (χ0n) is 10.7. The van der Waals surface area contributed by atoms with Gasteiger partial charge in [0.05, 0.1) is 17.2 Å². The predicted molar refractivity (Wildman–Crippen MR) is 77.1 cm³/mol. The number of aromatic amines is 1. The molecule has 21 heavy (non-hydrogen) atoms. The number of rotatable bonds is 1. The van der Waals surface area contributed by atoms with Gasteiger partial charge in [-0.15, -0.1) is 0 Å². The number of furan rings is 1. The van der Waals surface area contributed by atoms with E-state index in [9.17, 15) is 9.59 Å². The van der Waals surface area contributed by atoms with Crippen LogP contribution in [0.1, 0.15) is 5.76 Å². The van der Waals surface area contributed by atoms with Gasteiger partial charge in [-0.3, -0.25) is 9.59 Å². The van der Waals surface area contributed by atoms with E-state index >= 15 is 0 Å². The molecule has 4 rings (SSSR count). The largest absolute Gasteiger partial charge is 0.465 e. The van der Waals surface area contributed by atoms with Gasteiger partial charge < -0.3 is 9.40 Å². The first-order valence-corrected chi connectivity index (χ1v) is 6.33. The van der Waals surface area contributed by atoms with Crippen molar-refractivity contribution in [2.75, 3.05) is 0 Å². The maximum Gasteiger partial charge on any atom is 0.284 e. The first-order valence-electron chi connectivity index (χ1n) is 6.33. The maximum atomic E-state index is 12.4. The van der Waals surface area contributed by atoms with Crippen LogP contribution >= 0.6 is 0 Å². The molecule has 0 saturated heterocycles. The van der Waals surface area contributed by atoms with Gasteiger partial charge in [-0.1, -0.05) is 12.1 Å². The van der Waals surface area contributed by atoms with Gasteiger partial charge in [-0.2, -0.15) is 0 Å². The van der Waals surface area contributed by atoms with E-state index in [1.165, 1.54) is 6.26 Å². The standard InChI is InChI=1S/C15H9N3O3/c19-13-10-5-1-2-6-11(10)16-15-17-12(14(20)18(13)15)8-9-4-3-7-21-9/h1-8H,(H,16,17). The molecular weight excluding hydrogens is 270 g/mol. The zero-order valence-corrected chi connectivity index (χ0v) is 10.7. The van der Waals surface area contributed by atoms with Crippen LogP contribution in [0, 0.1) is 0 Å². The lowest BCUT2D eigenvalue weighted by Gasteiger charge is -1.95. The summed E-state index contributed by atoms with van der Waals surface area (Å²) in [5, 5.41) is 0.667. The van der Waals surface area contributed by atoms with E-state index in [0.29, 0.717) is 16.7 Å². The highest BCUT2D eigenvalue weighted by Gasteiger charge is 2.10. The maximum absolute atomic E-state index is 12.4. The Morgan fingerprint density at radius 1 is 1.10 bits per heavy atom. The molecule has 0 bridgehead atoms. The van der Waals surface area contributed by atoms with Gasteiger partial charge in [0.2, 0.25) is 5.78 Å². The predicted octanol–water partition coefficient (Wildman–Crippen LogP) is 0.677. The third-order valence-corrected chi connectivity index (χ3v) is 3.29. The van der Waals surface area contributed by atoms with Crippen LogP contribution in [0.3, 0.4) is 0 Å². The fourth-order valence-electron chi connectivity index (χ4n) is 2.31. The summed E-state index contributed by atoms with van der Waals surface area (Å²) in [6.45, 7) is 0. The fraction of sp³-hybridized carbons (Fsp3) is 0. The summed E-state index contributed by atoms with van der Waals surface area (Å²) >= 11 is 0. The summed E-state index contributed by atoms with van der Waals surface area (Å²) in [5.41, 5.74) is -0.270. The Bertz CT molecular complexity index is 1120. The van der Waals surface area contributed by atoms with E-state index in [1.807, 2.05) is 0 Å². The smallest absolute Gasteiger partial charge is 0.284 e. The van der Waals surface area contributed by atoms with Gasteiger partial charge in [0.15, 0.2) is 0 Å². The molecular formula is C15H9N3O3. The van der Waals surface area contributed by atoms with E-state index in [4.69, 9.17) is 4.42 Å². The highest BCUT2D eigenvalue weighted by molar-refractivity contribution is 5.78. The fourth-order valence-corrected chi connectivity index (χ4v) is 2.31. The minimum atomic E-state index is -0.440. The minimum absolute atomic E-state index is 0.224. The molecule has 0 saturated carbocycles. The number of hydrogen-bond donors (Lipinski definition) is 1. The summed E-state index contributed by atoms with van der Waals surface area (Å²) in [4.78, 5) is 31.9. The van der Waals surface area contributed by atoms with Crippen LogP contribution in [-0.4, -0.2) is 14.4 Å².